The summed E-state index contributed by atoms with van der Waals surface area (Å²) in [6.45, 7) is 7.16. The van der Waals surface area contributed by atoms with Gasteiger partial charge in [0.2, 0.25) is 0 Å². The van der Waals surface area contributed by atoms with E-state index in [1.165, 1.54) is 0 Å². The summed E-state index contributed by atoms with van der Waals surface area (Å²) >= 11 is 0. The number of carboxylic acids is 2. The average Bonchev–Trinajstić information content (AvgIpc) is 2.15. The van der Waals surface area contributed by atoms with Crippen LogP contribution in [0.1, 0.15) is 33.6 Å². The number of hydrogen-bond acceptors (Lipinski definition) is 3. The van der Waals surface area contributed by atoms with Gasteiger partial charge in [0, 0.05) is 18.6 Å². The van der Waals surface area contributed by atoms with E-state index in [2.05, 4.69) is 4.90 Å². The second-order valence-electron chi connectivity index (χ2n) is 5.35. The van der Waals surface area contributed by atoms with Gasteiger partial charge in [-0.25, -0.2) is 0 Å². The SMILES string of the molecule is CC(C)(C)N1CCC(C(=O)O)(C(=O)O)CC1. The molecular weight excluding hydrogens is 210 g/mol. The summed E-state index contributed by atoms with van der Waals surface area (Å²) in [6, 6.07) is 0. The van der Waals surface area contributed by atoms with Gasteiger partial charge in [-0.3, -0.25) is 14.5 Å². The van der Waals surface area contributed by atoms with Crippen LogP contribution in [0.4, 0.5) is 0 Å². The molecule has 1 aliphatic heterocycles. The van der Waals surface area contributed by atoms with E-state index < -0.39 is 17.4 Å². The van der Waals surface area contributed by atoms with Crippen molar-refractivity contribution in [3.8, 4) is 0 Å². The highest BCUT2D eigenvalue weighted by Gasteiger charge is 2.49. The highest BCUT2D eigenvalue weighted by molar-refractivity contribution is 5.98. The number of carboxylic acid groups (broad SMARTS) is 2. The molecule has 0 aromatic carbocycles. The van der Waals surface area contributed by atoms with E-state index in [1.54, 1.807) is 0 Å². The van der Waals surface area contributed by atoms with Gasteiger partial charge in [0.15, 0.2) is 5.41 Å². The summed E-state index contributed by atoms with van der Waals surface area (Å²) < 4.78 is 0. The minimum atomic E-state index is -1.58. The van der Waals surface area contributed by atoms with Crippen molar-refractivity contribution in [1.29, 1.82) is 0 Å². The minimum absolute atomic E-state index is 0.0385. The van der Waals surface area contributed by atoms with Crippen molar-refractivity contribution in [2.75, 3.05) is 13.1 Å². The number of nitrogens with zero attached hydrogens (tertiary/aromatic N) is 1. The molecule has 1 aliphatic rings. The van der Waals surface area contributed by atoms with E-state index in [-0.39, 0.29) is 18.4 Å². The molecule has 0 radical (unpaired) electrons. The monoisotopic (exact) mass is 229 g/mol. The molecule has 0 bridgehead atoms. The van der Waals surface area contributed by atoms with E-state index in [9.17, 15) is 9.59 Å². The van der Waals surface area contributed by atoms with Crippen molar-refractivity contribution in [3.63, 3.8) is 0 Å². The van der Waals surface area contributed by atoms with Crippen molar-refractivity contribution in [1.82, 2.24) is 4.90 Å². The first-order valence-electron chi connectivity index (χ1n) is 5.42. The first-order chi connectivity index (χ1) is 7.20. The highest BCUT2D eigenvalue weighted by Crippen LogP contribution is 2.34. The van der Waals surface area contributed by atoms with Crippen LogP contribution in [0.3, 0.4) is 0 Å². The lowest BCUT2D eigenvalue weighted by Crippen LogP contribution is -2.53. The molecule has 5 heteroatoms. The lowest BCUT2D eigenvalue weighted by atomic mass is 9.77. The molecule has 0 aromatic heterocycles. The van der Waals surface area contributed by atoms with Crippen LogP contribution in [0, 0.1) is 5.41 Å². The number of carbonyl (C=O) groups is 2. The predicted molar refractivity (Wildman–Crippen MR) is 58.3 cm³/mol. The van der Waals surface area contributed by atoms with Crippen LogP contribution in [0.5, 0.6) is 0 Å². The van der Waals surface area contributed by atoms with Crippen LogP contribution in [-0.2, 0) is 9.59 Å². The molecule has 0 spiro atoms. The van der Waals surface area contributed by atoms with Gasteiger partial charge in [-0.05, 0) is 33.6 Å². The zero-order valence-corrected chi connectivity index (χ0v) is 9.99. The molecule has 1 heterocycles. The molecule has 0 unspecified atom stereocenters. The van der Waals surface area contributed by atoms with Crippen LogP contribution < -0.4 is 0 Å². The summed E-state index contributed by atoms with van der Waals surface area (Å²) in [6.07, 6.45) is 0.351. The summed E-state index contributed by atoms with van der Waals surface area (Å²) in [5, 5.41) is 18.1. The Kier molecular flexibility index (Phi) is 3.28. The van der Waals surface area contributed by atoms with Gasteiger partial charge in [0.05, 0.1) is 0 Å². The average molecular weight is 229 g/mol. The second kappa shape index (κ2) is 4.05. The third-order valence-corrected chi connectivity index (χ3v) is 3.38. The van der Waals surface area contributed by atoms with Gasteiger partial charge in [0.1, 0.15) is 0 Å². The molecule has 1 rings (SSSR count). The van der Waals surface area contributed by atoms with E-state index in [0.717, 1.165) is 0 Å². The van der Waals surface area contributed by atoms with Crippen molar-refractivity contribution in [2.45, 2.75) is 39.2 Å². The maximum absolute atomic E-state index is 11.1. The van der Waals surface area contributed by atoms with E-state index in [0.29, 0.717) is 13.1 Å². The molecule has 1 saturated heterocycles. The maximum Gasteiger partial charge on any atom is 0.321 e. The predicted octanol–water partition coefficient (Wildman–Crippen LogP) is 1.04. The maximum atomic E-state index is 11.1. The normalized spacial score (nSPS) is 21.7. The van der Waals surface area contributed by atoms with E-state index in [4.69, 9.17) is 10.2 Å². The van der Waals surface area contributed by atoms with Gasteiger partial charge in [-0.2, -0.15) is 0 Å². The van der Waals surface area contributed by atoms with Gasteiger partial charge in [-0.1, -0.05) is 0 Å². The fourth-order valence-electron chi connectivity index (χ4n) is 2.08. The molecule has 2 N–H and O–H groups in total. The van der Waals surface area contributed by atoms with E-state index in [1.807, 2.05) is 20.8 Å². The molecular formula is C11H19NO4. The molecule has 0 saturated carbocycles. The zero-order chi connectivity index (χ0) is 12.6. The molecule has 16 heavy (non-hydrogen) atoms. The van der Waals surface area contributed by atoms with Gasteiger partial charge in [-0.15, -0.1) is 0 Å². The summed E-state index contributed by atoms with van der Waals surface area (Å²) in [7, 11) is 0. The number of hydrogen-bond donors (Lipinski definition) is 2. The fraction of sp³-hybridized carbons (Fsp3) is 0.818. The van der Waals surface area contributed by atoms with Crippen LogP contribution in [0.15, 0.2) is 0 Å². The molecule has 0 aromatic rings. The Bertz CT molecular complexity index is 282. The third-order valence-electron chi connectivity index (χ3n) is 3.38. The highest BCUT2D eigenvalue weighted by atomic mass is 16.4. The number of aliphatic carboxylic acids is 2. The van der Waals surface area contributed by atoms with Crippen LogP contribution >= 0.6 is 0 Å². The van der Waals surface area contributed by atoms with Crippen molar-refractivity contribution in [3.05, 3.63) is 0 Å². The first kappa shape index (κ1) is 13.0. The third kappa shape index (κ3) is 2.19. The van der Waals surface area contributed by atoms with Gasteiger partial charge >= 0.3 is 11.9 Å². The fourth-order valence-corrected chi connectivity index (χ4v) is 2.08. The molecule has 92 valence electrons. The minimum Gasteiger partial charge on any atom is -0.480 e. The molecule has 0 atom stereocenters. The topological polar surface area (TPSA) is 77.8 Å². The van der Waals surface area contributed by atoms with Gasteiger partial charge in [0.25, 0.3) is 0 Å². The molecule has 5 nitrogen and oxygen atoms in total. The Labute approximate surface area is 95.1 Å². The van der Waals surface area contributed by atoms with Gasteiger partial charge < -0.3 is 10.2 Å². The van der Waals surface area contributed by atoms with Crippen molar-refractivity contribution >= 4 is 11.9 Å². The Balaban J connectivity index is 2.79. The number of likely N-dealkylation sites (tertiary alicyclic amines) is 1. The van der Waals surface area contributed by atoms with E-state index >= 15 is 0 Å². The van der Waals surface area contributed by atoms with Crippen LogP contribution in [0.2, 0.25) is 0 Å². The summed E-state index contributed by atoms with van der Waals surface area (Å²) in [4.78, 5) is 24.3. The zero-order valence-electron chi connectivity index (χ0n) is 9.99. The van der Waals surface area contributed by atoms with Crippen LogP contribution in [0.25, 0.3) is 0 Å². The lowest BCUT2D eigenvalue weighted by Gasteiger charge is -2.42. The summed E-state index contributed by atoms with van der Waals surface area (Å²) in [5.74, 6) is -2.43. The first-order valence-corrected chi connectivity index (χ1v) is 5.42. The van der Waals surface area contributed by atoms with Crippen molar-refractivity contribution < 1.29 is 19.8 Å². The Hall–Kier alpha value is -1.10. The largest absolute Gasteiger partial charge is 0.480 e. The Morgan fingerprint density at radius 1 is 1.06 bits per heavy atom. The summed E-state index contributed by atoms with van der Waals surface area (Å²) in [5.41, 5.74) is -1.62. The quantitative estimate of drug-likeness (QED) is 0.692. The second-order valence-corrected chi connectivity index (χ2v) is 5.35. The smallest absolute Gasteiger partial charge is 0.321 e. The molecule has 0 amide bonds. The Morgan fingerprint density at radius 3 is 1.69 bits per heavy atom. The Morgan fingerprint density at radius 2 is 1.44 bits per heavy atom. The number of rotatable bonds is 2. The standard InChI is InChI=1S/C11H19NO4/c1-10(2,3)12-6-4-11(5-7-12,8(13)14)9(15)16/h4-7H2,1-3H3,(H,13,14)(H,15,16). The van der Waals surface area contributed by atoms with Crippen molar-refractivity contribution in [2.24, 2.45) is 5.41 Å². The lowest BCUT2D eigenvalue weighted by molar-refractivity contribution is -0.169. The molecule has 0 aliphatic carbocycles. The van der Waals surface area contributed by atoms with Crippen LogP contribution in [-0.4, -0.2) is 45.7 Å². The number of piperidine rings is 1. The molecule has 1 fully saturated rings.